The molecule has 10 heavy (non-hydrogen) atoms. The lowest BCUT2D eigenvalue weighted by molar-refractivity contribution is 0.290. The fourth-order valence-corrected chi connectivity index (χ4v) is 8.33. The molecule has 0 aromatic heterocycles. The van der Waals surface area contributed by atoms with Crippen LogP contribution in [0, 0.1) is 0 Å². The van der Waals surface area contributed by atoms with E-state index >= 15 is 0 Å². The normalized spacial score (nSPS) is 57.6. The van der Waals surface area contributed by atoms with Crippen molar-refractivity contribution in [1.29, 1.82) is 0 Å². The quantitative estimate of drug-likeness (QED) is 0.570. The van der Waals surface area contributed by atoms with E-state index in [0.717, 1.165) is 13.7 Å². The molecule has 0 unspecified atom stereocenters. The molecule has 4 aliphatic heterocycles. The summed E-state index contributed by atoms with van der Waals surface area (Å²) < 4.78 is 2.75. The molecule has 0 aromatic rings. The summed E-state index contributed by atoms with van der Waals surface area (Å²) in [5.41, 5.74) is 0. The third-order valence-corrected chi connectivity index (χ3v) is 6.85. The maximum absolute atomic E-state index is 2.63. The van der Waals surface area contributed by atoms with Gasteiger partial charge in [-0.3, -0.25) is 4.90 Å². The van der Waals surface area contributed by atoms with Crippen LogP contribution in [0.4, 0.5) is 0 Å². The molecule has 4 aliphatic rings. The Morgan fingerprint density at radius 3 is 1.50 bits per heavy atom. The Bertz CT molecular complexity index is 105. The van der Waals surface area contributed by atoms with Gasteiger partial charge in [0, 0.05) is 19.6 Å². The molecule has 0 N–H and O–H groups in total. The highest BCUT2D eigenvalue weighted by atomic mass is 32.3. The summed E-state index contributed by atoms with van der Waals surface area (Å²) in [4.78, 5) is 2.63. The molecular formula is C6H9NS3. The van der Waals surface area contributed by atoms with Crippen molar-refractivity contribution in [2.45, 2.75) is 13.7 Å². The van der Waals surface area contributed by atoms with E-state index in [1.807, 2.05) is 0 Å². The lowest BCUT2D eigenvalue weighted by Gasteiger charge is -2.49. The minimum atomic E-state index is 0.916. The van der Waals surface area contributed by atoms with Gasteiger partial charge in [0.1, 0.15) is 0 Å². The number of thioether (sulfide) groups is 3. The van der Waals surface area contributed by atoms with Gasteiger partial charge < -0.3 is 0 Å². The minimum absolute atomic E-state index is 0.916. The average Bonchev–Trinajstić information content (AvgIpc) is 1.82. The van der Waals surface area contributed by atoms with E-state index in [9.17, 15) is 0 Å². The van der Waals surface area contributed by atoms with Crippen LogP contribution in [0.2, 0.25) is 0 Å². The number of hydrogen-bond acceptors (Lipinski definition) is 4. The second-order valence-electron chi connectivity index (χ2n) is 2.92. The van der Waals surface area contributed by atoms with Gasteiger partial charge in [-0.2, -0.15) is 0 Å². The van der Waals surface area contributed by atoms with Crippen molar-refractivity contribution in [3.63, 3.8) is 0 Å². The van der Waals surface area contributed by atoms with Crippen molar-refractivity contribution in [1.82, 2.24) is 4.90 Å². The van der Waals surface area contributed by atoms with Gasteiger partial charge in [-0.25, -0.2) is 0 Å². The molecule has 4 rings (SSSR count). The second kappa shape index (κ2) is 2.25. The van der Waals surface area contributed by atoms with Crippen LogP contribution in [0.5, 0.6) is 0 Å². The zero-order valence-corrected chi connectivity index (χ0v) is 7.97. The molecule has 0 amide bonds. The molecule has 0 aliphatic carbocycles. The van der Waals surface area contributed by atoms with Crippen LogP contribution >= 0.6 is 35.3 Å². The molecule has 0 spiro atoms. The van der Waals surface area contributed by atoms with Gasteiger partial charge in [0.25, 0.3) is 0 Å². The highest BCUT2D eigenvalue weighted by molar-refractivity contribution is 8.33. The smallest absolute Gasteiger partial charge is 0.0652 e. The predicted molar refractivity (Wildman–Crippen MR) is 50.6 cm³/mol. The van der Waals surface area contributed by atoms with Crippen molar-refractivity contribution in [2.75, 3.05) is 19.6 Å². The summed E-state index contributed by atoms with van der Waals surface area (Å²) >= 11 is 6.57. The maximum Gasteiger partial charge on any atom is 0.0652 e. The highest BCUT2D eigenvalue weighted by Gasteiger charge is 2.42. The zero-order valence-electron chi connectivity index (χ0n) is 5.53. The SMILES string of the molecule is C1C2SC3CN1CC(S2)S3. The number of nitrogens with zero attached hydrogens (tertiary/aromatic N) is 1. The van der Waals surface area contributed by atoms with E-state index in [-0.39, 0.29) is 0 Å². The molecular weight excluding hydrogens is 182 g/mol. The average molecular weight is 191 g/mol. The van der Waals surface area contributed by atoms with E-state index in [2.05, 4.69) is 40.2 Å². The monoisotopic (exact) mass is 191 g/mol. The van der Waals surface area contributed by atoms with Crippen molar-refractivity contribution in [3.05, 3.63) is 0 Å². The van der Waals surface area contributed by atoms with Gasteiger partial charge in [-0.1, -0.05) is 0 Å². The van der Waals surface area contributed by atoms with Crippen LogP contribution in [-0.2, 0) is 0 Å². The van der Waals surface area contributed by atoms with Crippen molar-refractivity contribution in [3.8, 4) is 0 Å². The maximum atomic E-state index is 2.63. The van der Waals surface area contributed by atoms with Gasteiger partial charge >= 0.3 is 0 Å². The Balaban J connectivity index is 1.90. The Labute approximate surface area is 73.7 Å². The largest absolute Gasteiger partial charge is 0.298 e. The summed E-state index contributed by atoms with van der Waals surface area (Å²) in [6.07, 6.45) is 0. The Morgan fingerprint density at radius 1 is 0.800 bits per heavy atom. The van der Waals surface area contributed by atoms with Crippen LogP contribution < -0.4 is 0 Å². The molecule has 1 nitrogen and oxygen atoms in total. The summed E-state index contributed by atoms with van der Waals surface area (Å²) in [5.74, 6) is 0. The van der Waals surface area contributed by atoms with Crippen molar-refractivity contribution < 1.29 is 0 Å². The Morgan fingerprint density at radius 2 is 1.20 bits per heavy atom. The topological polar surface area (TPSA) is 3.24 Å². The van der Waals surface area contributed by atoms with Crippen LogP contribution in [0.15, 0.2) is 0 Å². The Kier molecular flexibility index (Phi) is 1.47. The molecule has 4 heteroatoms. The first kappa shape index (κ1) is 6.52. The van der Waals surface area contributed by atoms with E-state index in [1.54, 1.807) is 0 Å². The molecule has 0 saturated carbocycles. The van der Waals surface area contributed by atoms with Crippen molar-refractivity contribution >= 4 is 35.3 Å². The molecule has 4 saturated heterocycles. The molecule has 0 radical (unpaired) electrons. The minimum Gasteiger partial charge on any atom is -0.298 e. The van der Waals surface area contributed by atoms with E-state index in [4.69, 9.17) is 0 Å². The van der Waals surface area contributed by atoms with Crippen molar-refractivity contribution in [2.24, 2.45) is 0 Å². The summed E-state index contributed by atoms with van der Waals surface area (Å²) in [5, 5.41) is 0. The molecule has 4 bridgehead atoms. The third-order valence-electron chi connectivity index (χ3n) is 2.13. The second-order valence-corrected chi connectivity index (χ2v) is 8.04. The lowest BCUT2D eigenvalue weighted by atomic mass is 10.4. The van der Waals surface area contributed by atoms with Crippen LogP contribution in [0.3, 0.4) is 0 Å². The Hall–Kier alpha value is 1.01. The fraction of sp³-hybridized carbons (Fsp3) is 1.00. The number of rotatable bonds is 0. The molecule has 4 fully saturated rings. The van der Waals surface area contributed by atoms with Crippen LogP contribution in [-0.4, -0.2) is 38.3 Å². The number of hydrogen-bond donors (Lipinski definition) is 0. The zero-order chi connectivity index (χ0) is 6.55. The standard InChI is InChI=1S/C6H9NS3/c1-4-8-5-2-7(1)3-6(9-4)10-5/h4-6H,1-3H2. The fourth-order valence-electron chi connectivity index (χ4n) is 1.72. The van der Waals surface area contributed by atoms with Gasteiger partial charge in [0.2, 0.25) is 0 Å². The van der Waals surface area contributed by atoms with Crippen LogP contribution in [0.25, 0.3) is 0 Å². The molecule has 0 aromatic carbocycles. The highest BCUT2D eigenvalue weighted by Crippen LogP contribution is 2.53. The molecule has 0 atom stereocenters. The van der Waals surface area contributed by atoms with Gasteiger partial charge in [-0.15, -0.1) is 35.3 Å². The first-order chi connectivity index (χ1) is 4.90. The lowest BCUT2D eigenvalue weighted by Crippen LogP contribution is -2.52. The molecule has 56 valence electrons. The first-order valence-electron chi connectivity index (χ1n) is 3.59. The first-order valence-corrected chi connectivity index (χ1v) is 6.42. The van der Waals surface area contributed by atoms with E-state index < -0.39 is 0 Å². The summed E-state index contributed by atoms with van der Waals surface area (Å²) in [6.45, 7) is 4.05. The van der Waals surface area contributed by atoms with Gasteiger partial charge in [-0.05, 0) is 0 Å². The molecule has 4 heterocycles. The van der Waals surface area contributed by atoms with E-state index in [0.29, 0.717) is 0 Å². The summed E-state index contributed by atoms with van der Waals surface area (Å²) in [7, 11) is 0. The van der Waals surface area contributed by atoms with Crippen LogP contribution in [0.1, 0.15) is 0 Å². The van der Waals surface area contributed by atoms with E-state index in [1.165, 1.54) is 19.6 Å². The third kappa shape index (κ3) is 0.924. The summed E-state index contributed by atoms with van der Waals surface area (Å²) in [6, 6.07) is 0. The van der Waals surface area contributed by atoms with Gasteiger partial charge in [0.05, 0.1) is 13.7 Å². The van der Waals surface area contributed by atoms with Gasteiger partial charge in [0.15, 0.2) is 0 Å². The predicted octanol–water partition coefficient (Wildman–Crippen LogP) is 1.51.